The van der Waals surface area contributed by atoms with Crippen LogP contribution in [-0.4, -0.2) is 32.5 Å². The Kier molecular flexibility index (Phi) is 4.96. The molecule has 2 N–H and O–H groups in total. The standard InChI is InChI=1S/C12H17NO3S/c1-3-12(16,4-2)8-17-10-9(11(14)15)6-5-7-13-10/h5-7,16H,3-4,8H2,1-2H3,(H,14,15). The number of hydrogen-bond donors (Lipinski definition) is 2. The third-order valence-corrected chi connectivity index (χ3v) is 4.08. The normalized spacial score (nSPS) is 11.5. The molecule has 94 valence electrons. The lowest BCUT2D eigenvalue weighted by Gasteiger charge is -2.24. The fraction of sp³-hybridized carbons (Fsp3) is 0.500. The first-order valence-corrected chi connectivity index (χ1v) is 6.54. The molecular weight excluding hydrogens is 238 g/mol. The molecular formula is C12H17NO3S. The van der Waals surface area contributed by atoms with Crippen molar-refractivity contribution < 1.29 is 15.0 Å². The van der Waals surface area contributed by atoms with E-state index in [2.05, 4.69) is 4.98 Å². The number of aromatic nitrogens is 1. The van der Waals surface area contributed by atoms with E-state index in [9.17, 15) is 9.90 Å². The van der Waals surface area contributed by atoms with E-state index in [1.165, 1.54) is 17.8 Å². The molecule has 0 aromatic carbocycles. The molecule has 1 heterocycles. The fourth-order valence-electron chi connectivity index (χ4n) is 1.33. The van der Waals surface area contributed by atoms with Gasteiger partial charge in [-0.25, -0.2) is 9.78 Å². The maximum atomic E-state index is 11.0. The molecule has 5 heteroatoms. The fourth-order valence-corrected chi connectivity index (χ4v) is 2.59. The third kappa shape index (κ3) is 3.71. The van der Waals surface area contributed by atoms with E-state index in [4.69, 9.17) is 5.11 Å². The number of carbonyl (C=O) groups is 1. The van der Waals surface area contributed by atoms with Crippen molar-refractivity contribution in [3.05, 3.63) is 23.9 Å². The summed E-state index contributed by atoms with van der Waals surface area (Å²) in [6, 6.07) is 3.12. The largest absolute Gasteiger partial charge is 0.478 e. The number of aliphatic hydroxyl groups is 1. The van der Waals surface area contributed by atoms with E-state index >= 15 is 0 Å². The molecule has 4 nitrogen and oxygen atoms in total. The Balaban J connectivity index is 2.79. The quantitative estimate of drug-likeness (QED) is 0.764. The Bertz CT molecular complexity index is 391. The van der Waals surface area contributed by atoms with Crippen LogP contribution in [0.1, 0.15) is 37.0 Å². The SMILES string of the molecule is CCC(O)(CC)CSc1ncccc1C(=O)O. The second-order valence-corrected chi connectivity index (χ2v) is 4.85. The first-order chi connectivity index (χ1) is 8.02. The van der Waals surface area contributed by atoms with E-state index < -0.39 is 11.6 Å². The molecule has 1 aromatic rings. The van der Waals surface area contributed by atoms with Crippen LogP contribution < -0.4 is 0 Å². The molecule has 17 heavy (non-hydrogen) atoms. The molecule has 0 amide bonds. The molecule has 1 rings (SSSR count). The molecule has 0 unspecified atom stereocenters. The lowest BCUT2D eigenvalue weighted by atomic mass is 10.0. The molecule has 0 spiro atoms. The number of carboxylic acid groups (broad SMARTS) is 1. The predicted octanol–water partition coefficient (Wildman–Crippen LogP) is 2.42. The van der Waals surface area contributed by atoms with Crippen LogP contribution in [0, 0.1) is 0 Å². The van der Waals surface area contributed by atoms with Crippen LogP contribution in [0.5, 0.6) is 0 Å². The second kappa shape index (κ2) is 6.02. The van der Waals surface area contributed by atoms with Gasteiger partial charge in [0.05, 0.1) is 11.2 Å². The van der Waals surface area contributed by atoms with Gasteiger partial charge in [0, 0.05) is 11.9 Å². The lowest BCUT2D eigenvalue weighted by molar-refractivity contribution is 0.0570. The summed E-state index contributed by atoms with van der Waals surface area (Å²) in [5, 5.41) is 19.6. The predicted molar refractivity (Wildman–Crippen MR) is 67.5 cm³/mol. The van der Waals surface area contributed by atoms with Gasteiger partial charge in [0.1, 0.15) is 5.03 Å². The van der Waals surface area contributed by atoms with Crippen molar-refractivity contribution in [3.63, 3.8) is 0 Å². The molecule has 0 bridgehead atoms. The van der Waals surface area contributed by atoms with Crippen molar-refractivity contribution >= 4 is 17.7 Å². The highest BCUT2D eigenvalue weighted by Crippen LogP contribution is 2.27. The lowest BCUT2D eigenvalue weighted by Crippen LogP contribution is -2.29. The minimum atomic E-state index is -0.989. The van der Waals surface area contributed by atoms with Crippen molar-refractivity contribution in [1.82, 2.24) is 4.98 Å². The molecule has 0 radical (unpaired) electrons. The van der Waals surface area contributed by atoms with Gasteiger partial charge in [-0.15, -0.1) is 11.8 Å². The summed E-state index contributed by atoms with van der Waals surface area (Å²) in [5.74, 6) is -0.533. The van der Waals surface area contributed by atoms with Crippen LogP contribution in [-0.2, 0) is 0 Å². The van der Waals surface area contributed by atoms with Crippen molar-refractivity contribution in [2.45, 2.75) is 37.3 Å². The zero-order valence-electron chi connectivity index (χ0n) is 10.0. The number of thioether (sulfide) groups is 1. The highest BCUT2D eigenvalue weighted by Gasteiger charge is 2.23. The monoisotopic (exact) mass is 255 g/mol. The van der Waals surface area contributed by atoms with Crippen molar-refractivity contribution in [3.8, 4) is 0 Å². The van der Waals surface area contributed by atoms with Crippen molar-refractivity contribution in [2.75, 3.05) is 5.75 Å². The number of carboxylic acids is 1. The Morgan fingerprint density at radius 2 is 2.12 bits per heavy atom. The van der Waals surface area contributed by atoms with Gasteiger partial charge in [-0.2, -0.15) is 0 Å². The zero-order valence-corrected chi connectivity index (χ0v) is 10.8. The Hall–Kier alpha value is -1.07. The first-order valence-electron chi connectivity index (χ1n) is 5.56. The topological polar surface area (TPSA) is 70.4 Å². The highest BCUT2D eigenvalue weighted by atomic mass is 32.2. The number of nitrogens with zero attached hydrogens (tertiary/aromatic N) is 1. The van der Waals surface area contributed by atoms with Crippen LogP contribution in [0.2, 0.25) is 0 Å². The van der Waals surface area contributed by atoms with Crippen LogP contribution in [0.3, 0.4) is 0 Å². The summed E-state index contributed by atoms with van der Waals surface area (Å²) >= 11 is 1.29. The molecule has 0 fully saturated rings. The van der Waals surface area contributed by atoms with Gasteiger partial charge in [-0.05, 0) is 25.0 Å². The second-order valence-electron chi connectivity index (χ2n) is 3.88. The maximum Gasteiger partial charge on any atom is 0.338 e. The summed E-state index contributed by atoms with van der Waals surface area (Å²) in [5.41, 5.74) is -0.565. The maximum absolute atomic E-state index is 11.0. The molecule has 1 aromatic heterocycles. The third-order valence-electron chi connectivity index (χ3n) is 2.80. The van der Waals surface area contributed by atoms with Crippen LogP contribution in [0.4, 0.5) is 0 Å². The minimum absolute atomic E-state index is 0.187. The Morgan fingerprint density at radius 3 is 2.65 bits per heavy atom. The minimum Gasteiger partial charge on any atom is -0.478 e. The van der Waals surface area contributed by atoms with Crippen LogP contribution in [0.25, 0.3) is 0 Å². The van der Waals surface area contributed by atoms with Crippen molar-refractivity contribution in [2.24, 2.45) is 0 Å². The molecule has 0 aliphatic heterocycles. The van der Waals surface area contributed by atoms with Gasteiger partial charge in [0.15, 0.2) is 0 Å². The molecule has 0 aliphatic carbocycles. The Labute approximate surface area is 105 Å². The zero-order chi connectivity index (χ0) is 12.9. The summed E-state index contributed by atoms with van der Waals surface area (Å²) < 4.78 is 0. The number of hydrogen-bond acceptors (Lipinski definition) is 4. The average molecular weight is 255 g/mol. The van der Waals surface area contributed by atoms with Crippen LogP contribution in [0.15, 0.2) is 23.4 Å². The summed E-state index contributed by atoms with van der Waals surface area (Å²) in [6.07, 6.45) is 2.85. The van der Waals surface area contributed by atoms with E-state index in [-0.39, 0.29) is 5.56 Å². The van der Waals surface area contributed by atoms with Gasteiger partial charge in [-0.3, -0.25) is 0 Å². The van der Waals surface area contributed by atoms with Gasteiger partial charge >= 0.3 is 5.97 Å². The van der Waals surface area contributed by atoms with Gasteiger partial charge in [0.25, 0.3) is 0 Å². The molecule has 0 atom stereocenters. The van der Waals surface area contributed by atoms with Gasteiger partial charge in [-0.1, -0.05) is 13.8 Å². The highest BCUT2D eigenvalue weighted by molar-refractivity contribution is 7.99. The molecule has 0 saturated heterocycles. The summed E-state index contributed by atoms with van der Waals surface area (Å²) in [7, 11) is 0. The first kappa shape index (κ1) is 14.0. The number of rotatable bonds is 6. The average Bonchev–Trinajstić information content (AvgIpc) is 2.36. The van der Waals surface area contributed by atoms with E-state index in [1.807, 2.05) is 13.8 Å². The van der Waals surface area contributed by atoms with E-state index in [0.29, 0.717) is 23.6 Å². The van der Waals surface area contributed by atoms with Crippen molar-refractivity contribution in [1.29, 1.82) is 0 Å². The summed E-state index contributed by atoms with van der Waals surface area (Å²) in [4.78, 5) is 15.0. The molecule has 0 saturated carbocycles. The van der Waals surface area contributed by atoms with Gasteiger partial charge < -0.3 is 10.2 Å². The van der Waals surface area contributed by atoms with Crippen LogP contribution >= 0.6 is 11.8 Å². The molecule has 0 aliphatic rings. The number of aromatic carboxylic acids is 1. The van der Waals surface area contributed by atoms with E-state index in [0.717, 1.165) is 0 Å². The Morgan fingerprint density at radius 1 is 1.47 bits per heavy atom. The smallest absolute Gasteiger partial charge is 0.338 e. The number of pyridine rings is 1. The van der Waals surface area contributed by atoms with E-state index in [1.54, 1.807) is 12.3 Å². The summed E-state index contributed by atoms with van der Waals surface area (Å²) in [6.45, 7) is 3.83. The van der Waals surface area contributed by atoms with Gasteiger partial charge in [0.2, 0.25) is 0 Å².